The fraction of sp³-hybridized carbons (Fsp3) is 0.320. The van der Waals surface area contributed by atoms with Crippen LogP contribution in [0.1, 0.15) is 145 Å². The molecule has 338 valence electrons. The highest BCUT2D eigenvalue weighted by molar-refractivity contribution is 8.00. The number of anilines is 4. The zero-order chi connectivity index (χ0) is 46.8. The van der Waals surface area contributed by atoms with Gasteiger partial charge in [-0.2, -0.15) is 29.9 Å². The molecule has 66 heavy (non-hydrogen) atoms. The van der Waals surface area contributed by atoms with Crippen molar-refractivity contribution >= 4 is 93.5 Å². The number of nitrogens with one attached hydrogen (secondary N) is 2. The van der Waals surface area contributed by atoms with E-state index in [9.17, 15) is 19.2 Å². The molecule has 0 bridgehead atoms. The summed E-state index contributed by atoms with van der Waals surface area (Å²) in [7, 11) is 0. The van der Waals surface area contributed by atoms with E-state index >= 15 is 0 Å². The molecule has 2 aliphatic rings. The molecule has 2 N–H and O–H groups in total. The van der Waals surface area contributed by atoms with E-state index in [4.69, 9.17) is 29.9 Å². The second-order valence-electron chi connectivity index (χ2n) is 16.3. The van der Waals surface area contributed by atoms with Crippen molar-refractivity contribution in [1.82, 2.24) is 29.9 Å². The van der Waals surface area contributed by atoms with E-state index in [2.05, 4.69) is 66.0 Å². The van der Waals surface area contributed by atoms with Gasteiger partial charge in [-0.05, 0) is 48.9 Å². The molecule has 4 aromatic carbocycles. The van der Waals surface area contributed by atoms with Crippen molar-refractivity contribution in [2.75, 3.05) is 10.6 Å². The van der Waals surface area contributed by atoms with Gasteiger partial charge in [0.2, 0.25) is 11.9 Å². The van der Waals surface area contributed by atoms with E-state index in [0.29, 0.717) is 43.1 Å². The molecule has 0 radical (unpaired) electrons. The molecule has 4 atom stereocenters. The summed E-state index contributed by atoms with van der Waals surface area (Å²) in [6.07, 6.45) is 3.64. The number of carbonyl (C=O) groups is 4. The molecular weight excluding hydrogens is 905 g/mol. The van der Waals surface area contributed by atoms with Crippen LogP contribution >= 0.6 is 47.0 Å². The minimum Gasteiger partial charge on any atom is -0.323 e. The van der Waals surface area contributed by atoms with Gasteiger partial charge in [0, 0.05) is 54.4 Å². The van der Waals surface area contributed by atoms with Gasteiger partial charge in [0.05, 0.1) is 22.5 Å². The first-order valence-corrected chi connectivity index (χ1v) is 25.8. The smallest absolute Gasteiger partial charge is 0.232 e. The summed E-state index contributed by atoms with van der Waals surface area (Å²) in [5.41, 5.74) is 2.67. The number of hydrogen-bond donors (Lipinski definition) is 2. The van der Waals surface area contributed by atoms with Crippen LogP contribution in [0, 0.1) is 0 Å². The molecule has 2 aliphatic carbocycles. The summed E-state index contributed by atoms with van der Waals surface area (Å²) < 4.78 is 0. The summed E-state index contributed by atoms with van der Waals surface area (Å²) in [6.45, 7) is 16.9. The van der Waals surface area contributed by atoms with Crippen molar-refractivity contribution in [3.8, 4) is 11.1 Å². The van der Waals surface area contributed by atoms with Crippen molar-refractivity contribution in [3.05, 3.63) is 117 Å². The lowest BCUT2D eigenvalue weighted by atomic mass is 9.75. The number of ketones is 4. The molecule has 0 saturated heterocycles. The summed E-state index contributed by atoms with van der Waals surface area (Å²) in [5, 5.41) is 9.77. The van der Waals surface area contributed by atoms with Crippen molar-refractivity contribution in [1.29, 1.82) is 0 Å². The zero-order valence-electron chi connectivity index (χ0n) is 38.0. The third-order valence-corrected chi connectivity index (χ3v) is 16.2. The molecule has 0 amide bonds. The molecule has 0 spiro atoms. The standard InChI is InChI=1S/C50H50N8O4S4/c1-9-25(5)63-47-53-45(54-48(57-47)64-26(6)10-2)51-35-23-21-29(37-39(35)43(61)33-19-15-13-17-31(33)41(37)59)30-22-24-36(40-38(30)42(60)32-18-14-16-20-34(32)44(40)62)52-46-55-49(65-27(7)11-3)58-50(56-46)66-28(8)12-4/h13-28H,9-12H2,1-8H3,(H,51,53,54,57)(H,52,55,56,58). The van der Waals surface area contributed by atoms with Gasteiger partial charge in [-0.25, -0.2) is 0 Å². The zero-order valence-corrected chi connectivity index (χ0v) is 41.3. The largest absolute Gasteiger partial charge is 0.323 e. The number of hydrogen-bond acceptors (Lipinski definition) is 16. The van der Waals surface area contributed by atoms with Gasteiger partial charge < -0.3 is 10.6 Å². The average molecular weight is 955 g/mol. The maximum atomic E-state index is 14.9. The molecule has 0 fully saturated rings. The van der Waals surface area contributed by atoms with E-state index in [1.54, 1.807) is 120 Å². The van der Waals surface area contributed by atoms with Crippen LogP contribution in [0.4, 0.5) is 23.3 Å². The number of fused-ring (bicyclic) bond motifs is 4. The van der Waals surface area contributed by atoms with Crippen LogP contribution in [0.25, 0.3) is 11.1 Å². The highest BCUT2D eigenvalue weighted by atomic mass is 32.2. The normalized spacial score (nSPS) is 14.7. The molecule has 2 aromatic heterocycles. The van der Waals surface area contributed by atoms with E-state index in [-0.39, 0.29) is 89.0 Å². The highest BCUT2D eigenvalue weighted by Crippen LogP contribution is 2.45. The maximum Gasteiger partial charge on any atom is 0.232 e. The highest BCUT2D eigenvalue weighted by Gasteiger charge is 2.39. The Morgan fingerprint density at radius 3 is 0.924 bits per heavy atom. The Kier molecular flexibility index (Phi) is 14.4. The summed E-state index contributed by atoms with van der Waals surface area (Å²) >= 11 is 6.16. The molecule has 8 rings (SSSR count). The van der Waals surface area contributed by atoms with Crippen molar-refractivity contribution in [2.45, 2.75) is 123 Å². The van der Waals surface area contributed by atoms with E-state index < -0.39 is 11.6 Å². The Morgan fingerprint density at radius 2 is 0.652 bits per heavy atom. The number of thioether (sulfide) groups is 4. The molecule has 6 aromatic rings. The maximum absolute atomic E-state index is 14.9. The Morgan fingerprint density at radius 1 is 0.379 bits per heavy atom. The Labute approximate surface area is 402 Å². The lowest BCUT2D eigenvalue weighted by Gasteiger charge is -2.27. The predicted octanol–water partition coefficient (Wildman–Crippen LogP) is 12.3. The topological polar surface area (TPSA) is 170 Å². The van der Waals surface area contributed by atoms with Gasteiger partial charge >= 0.3 is 0 Å². The van der Waals surface area contributed by atoms with Crippen molar-refractivity contribution in [3.63, 3.8) is 0 Å². The number of benzene rings is 4. The summed E-state index contributed by atoms with van der Waals surface area (Å²) in [6, 6.07) is 20.3. The second-order valence-corrected chi connectivity index (χ2v) is 21.9. The predicted molar refractivity (Wildman–Crippen MR) is 267 cm³/mol. The van der Waals surface area contributed by atoms with Gasteiger partial charge in [-0.3, -0.25) is 19.2 Å². The van der Waals surface area contributed by atoms with Gasteiger partial charge in [0.1, 0.15) is 0 Å². The lowest BCUT2D eigenvalue weighted by molar-refractivity contribution is 0.0978. The number of rotatable bonds is 17. The van der Waals surface area contributed by atoms with Crippen LogP contribution in [0.2, 0.25) is 0 Å². The minimum absolute atomic E-state index is 0.0964. The fourth-order valence-electron chi connectivity index (χ4n) is 7.40. The first kappa shape index (κ1) is 47.1. The monoisotopic (exact) mass is 954 g/mol. The van der Waals surface area contributed by atoms with Crippen LogP contribution in [0.3, 0.4) is 0 Å². The Bertz CT molecular complexity index is 2660. The minimum atomic E-state index is -0.399. The SMILES string of the molecule is CCC(C)Sc1nc(Nc2ccc(-c3ccc(Nc4nc(SC(C)CC)nc(SC(C)CC)n4)c4c3C(=O)c3ccccc3C4=O)c3c2C(=O)c2ccccc2C3=O)nc(SC(C)CC)n1. The van der Waals surface area contributed by atoms with Crippen LogP contribution in [-0.2, 0) is 0 Å². The third-order valence-electron chi connectivity index (χ3n) is 11.6. The van der Waals surface area contributed by atoms with Crippen LogP contribution in [0.5, 0.6) is 0 Å². The van der Waals surface area contributed by atoms with Crippen LogP contribution in [0.15, 0.2) is 93.4 Å². The van der Waals surface area contributed by atoms with E-state index in [0.717, 1.165) is 25.7 Å². The van der Waals surface area contributed by atoms with Gasteiger partial charge in [-0.15, -0.1) is 0 Å². The molecule has 0 aliphatic heterocycles. The van der Waals surface area contributed by atoms with Crippen molar-refractivity contribution in [2.24, 2.45) is 0 Å². The molecule has 16 heteroatoms. The van der Waals surface area contributed by atoms with Crippen LogP contribution in [-0.4, -0.2) is 74.0 Å². The summed E-state index contributed by atoms with van der Waals surface area (Å²) in [5.74, 6) is -1.09. The Balaban J connectivity index is 1.31. The third kappa shape index (κ3) is 9.55. The Hall–Kier alpha value is -5.42. The van der Waals surface area contributed by atoms with Gasteiger partial charge in [-0.1, -0.05) is 163 Å². The van der Waals surface area contributed by atoms with Gasteiger partial charge in [0.25, 0.3) is 0 Å². The first-order chi connectivity index (χ1) is 31.8. The van der Waals surface area contributed by atoms with Crippen molar-refractivity contribution < 1.29 is 19.2 Å². The fourth-order valence-corrected chi connectivity index (χ4v) is 10.7. The lowest BCUT2D eigenvalue weighted by Crippen LogP contribution is -2.25. The van der Waals surface area contributed by atoms with E-state index in [1.165, 1.54) is 0 Å². The van der Waals surface area contributed by atoms with Crippen LogP contribution < -0.4 is 10.6 Å². The second kappa shape index (κ2) is 20.2. The quantitative estimate of drug-likeness (QED) is 0.0826. The number of aromatic nitrogens is 6. The molecule has 12 nitrogen and oxygen atoms in total. The molecule has 0 saturated carbocycles. The average Bonchev–Trinajstić information content (AvgIpc) is 3.31. The molecule has 4 unspecified atom stereocenters. The first-order valence-electron chi connectivity index (χ1n) is 22.3. The van der Waals surface area contributed by atoms with E-state index in [1.807, 2.05) is 0 Å². The molecular formula is C50H50N8O4S4. The number of carbonyl (C=O) groups excluding carboxylic acids is 4. The summed E-state index contributed by atoms with van der Waals surface area (Å²) in [4.78, 5) is 88.0. The van der Waals surface area contributed by atoms with Gasteiger partial charge in [0.15, 0.2) is 43.8 Å². The number of nitrogens with zero attached hydrogens (tertiary/aromatic N) is 6. The molecule has 2 heterocycles.